The Hall–Kier alpha value is -1.18. The molecule has 1 unspecified atom stereocenters. The highest BCUT2D eigenvalue weighted by molar-refractivity contribution is 5.97. The van der Waals surface area contributed by atoms with Gasteiger partial charge in [-0.15, -0.1) is 0 Å². The Morgan fingerprint density at radius 3 is 2.29 bits per heavy atom. The summed E-state index contributed by atoms with van der Waals surface area (Å²) in [4.78, 5) is 12.2. The van der Waals surface area contributed by atoms with E-state index in [0.717, 1.165) is 32.1 Å². The van der Waals surface area contributed by atoms with E-state index in [-0.39, 0.29) is 17.5 Å². The number of Topliss-reactive ketones (excluding diaryl/α,β-unsaturated/α-hetero) is 1. The molecule has 0 N–H and O–H groups in total. The van der Waals surface area contributed by atoms with Crippen molar-refractivity contribution in [3.8, 4) is 0 Å². The maximum absolute atomic E-state index is 12.8. The third-order valence-corrected chi connectivity index (χ3v) is 3.04. The lowest BCUT2D eigenvalue weighted by molar-refractivity contribution is 0.0904. The van der Waals surface area contributed by atoms with Crippen molar-refractivity contribution < 1.29 is 9.18 Å². The highest BCUT2D eigenvalue weighted by Crippen LogP contribution is 2.20. The standard InChI is InChI=1S/C15H21FO/c1-3-5-7-12(6-4-2)15(17)13-8-10-14(16)11-9-13/h8-12H,3-7H2,1-2H3. The van der Waals surface area contributed by atoms with Crippen molar-refractivity contribution in [2.75, 3.05) is 0 Å². The summed E-state index contributed by atoms with van der Waals surface area (Å²) in [5, 5.41) is 0. The van der Waals surface area contributed by atoms with Crippen molar-refractivity contribution >= 4 is 5.78 Å². The van der Waals surface area contributed by atoms with Gasteiger partial charge in [0.15, 0.2) is 5.78 Å². The molecule has 1 nitrogen and oxygen atoms in total. The first-order chi connectivity index (χ1) is 8.19. The van der Waals surface area contributed by atoms with Crippen molar-refractivity contribution in [1.29, 1.82) is 0 Å². The summed E-state index contributed by atoms with van der Waals surface area (Å²) in [6, 6.07) is 5.89. The van der Waals surface area contributed by atoms with E-state index in [4.69, 9.17) is 0 Å². The van der Waals surface area contributed by atoms with Gasteiger partial charge in [-0.05, 0) is 37.1 Å². The van der Waals surface area contributed by atoms with Crippen LogP contribution in [0.3, 0.4) is 0 Å². The molecule has 0 heterocycles. The first kappa shape index (κ1) is 13.9. The van der Waals surface area contributed by atoms with Crippen molar-refractivity contribution in [1.82, 2.24) is 0 Å². The minimum absolute atomic E-state index is 0.102. The van der Waals surface area contributed by atoms with Crippen LogP contribution in [0.2, 0.25) is 0 Å². The van der Waals surface area contributed by atoms with E-state index in [1.165, 1.54) is 12.1 Å². The molecule has 1 rings (SSSR count). The highest BCUT2D eigenvalue weighted by atomic mass is 19.1. The lowest BCUT2D eigenvalue weighted by Crippen LogP contribution is -2.14. The third-order valence-electron chi connectivity index (χ3n) is 3.04. The van der Waals surface area contributed by atoms with Crippen LogP contribution in [0, 0.1) is 11.7 Å². The van der Waals surface area contributed by atoms with Gasteiger partial charge in [0.1, 0.15) is 5.82 Å². The summed E-state index contributed by atoms with van der Waals surface area (Å²) in [6.45, 7) is 4.22. The van der Waals surface area contributed by atoms with E-state index < -0.39 is 0 Å². The second-order valence-corrected chi connectivity index (χ2v) is 4.50. The molecule has 0 aliphatic carbocycles. The quantitative estimate of drug-likeness (QED) is 0.631. The molecular weight excluding hydrogens is 215 g/mol. The molecule has 0 bridgehead atoms. The highest BCUT2D eigenvalue weighted by Gasteiger charge is 2.18. The number of hydrogen-bond acceptors (Lipinski definition) is 1. The number of rotatable bonds is 7. The molecule has 0 saturated carbocycles. The molecule has 0 aromatic heterocycles. The molecule has 17 heavy (non-hydrogen) atoms. The SMILES string of the molecule is CCCCC(CCC)C(=O)c1ccc(F)cc1. The topological polar surface area (TPSA) is 17.1 Å². The second-order valence-electron chi connectivity index (χ2n) is 4.50. The second kappa shape index (κ2) is 7.21. The van der Waals surface area contributed by atoms with E-state index in [0.29, 0.717) is 5.56 Å². The molecular formula is C15H21FO. The zero-order chi connectivity index (χ0) is 12.7. The van der Waals surface area contributed by atoms with Gasteiger partial charge in [-0.25, -0.2) is 4.39 Å². The first-order valence-corrected chi connectivity index (χ1v) is 6.48. The van der Waals surface area contributed by atoms with Gasteiger partial charge in [-0.2, -0.15) is 0 Å². The molecule has 0 fully saturated rings. The summed E-state index contributed by atoms with van der Waals surface area (Å²) >= 11 is 0. The van der Waals surface area contributed by atoms with Crippen LogP contribution in [0.4, 0.5) is 4.39 Å². The van der Waals surface area contributed by atoms with Crippen LogP contribution in [0.15, 0.2) is 24.3 Å². The van der Waals surface area contributed by atoms with E-state index in [2.05, 4.69) is 13.8 Å². The normalized spacial score (nSPS) is 12.4. The smallest absolute Gasteiger partial charge is 0.165 e. The minimum atomic E-state index is -0.290. The van der Waals surface area contributed by atoms with Gasteiger partial charge in [0, 0.05) is 11.5 Å². The molecule has 0 aliphatic heterocycles. The lowest BCUT2D eigenvalue weighted by atomic mass is 9.89. The van der Waals surface area contributed by atoms with Crippen LogP contribution in [0.1, 0.15) is 56.3 Å². The molecule has 94 valence electrons. The Morgan fingerprint density at radius 2 is 1.76 bits per heavy atom. The number of hydrogen-bond donors (Lipinski definition) is 0. The van der Waals surface area contributed by atoms with E-state index in [1.54, 1.807) is 12.1 Å². The van der Waals surface area contributed by atoms with Gasteiger partial charge in [0.25, 0.3) is 0 Å². The summed E-state index contributed by atoms with van der Waals surface area (Å²) in [6.07, 6.45) is 5.08. The molecule has 0 aliphatic rings. The van der Waals surface area contributed by atoms with Gasteiger partial charge >= 0.3 is 0 Å². The summed E-state index contributed by atoms with van der Waals surface area (Å²) in [5.41, 5.74) is 0.640. The lowest BCUT2D eigenvalue weighted by Gasteiger charge is -2.14. The Bertz CT molecular complexity index is 342. The van der Waals surface area contributed by atoms with Crippen molar-refractivity contribution in [3.63, 3.8) is 0 Å². The largest absolute Gasteiger partial charge is 0.294 e. The molecule has 1 aromatic rings. The number of unbranched alkanes of at least 4 members (excludes halogenated alkanes) is 1. The van der Waals surface area contributed by atoms with Crippen LogP contribution in [-0.2, 0) is 0 Å². The van der Waals surface area contributed by atoms with Gasteiger partial charge in [-0.3, -0.25) is 4.79 Å². The minimum Gasteiger partial charge on any atom is -0.294 e. The Morgan fingerprint density at radius 1 is 1.12 bits per heavy atom. The van der Waals surface area contributed by atoms with Crippen molar-refractivity contribution in [3.05, 3.63) is 35.6 Å². The summed E-state index contributed by atoms with van der Waals surface area (Å²) in [5.74, 6) is -0.0205. The zero-order valence-corrected chi connectivity index (χ0v) is 10.7. The maximum atomic E-state index is 12.8. The van der Waals surface area contributed by atoms with Crippen molar-refractivity contribution in [2.45, 2.75) is 46.0 Å². The zero-order valence-electron chi connectivity index (χ0n) is 10.7. The molecule has 1 atom stereocenters. The average molecular weight is 236 g/mol. The first-order valence-electron chi connectivity index (χ1n) is 6.48. The fourth-order valence-electron chi connectivity index (χ4n) is 2.06. The number of benzene rings is 1. The van der Waals surface area contributed by atoms with Crippen molar-refractivity contribution in [2.24, 2.45) is 5.92 Å². The van der Waals surface area contributed by atoms with E-state index >= 15 is 0 Å². The van der Waals surface area contributed by atoms with Gasteiger partial charge < -0.3 is 0 Å². The number of carbonyl (C=O) groups excluding carboxylic acids is 1. The Kier molecular flexibility index (Phi) is 5.88. The molecule has 0 saturated heterocycles. The maximum Gasteiger partial charge on any atom is 0.165 e. The van der Waals surface area contributed by atoms with E-state index in [9.17, 15) is 9.18 Å². The Balaban J connectivity index is 2.72. The van der Waals surface area contributed by atoms with Gasteiger partial charge in [0.05, 0.1) is 0 Å². The van der Waals surface area contributed by atoms with Crippen LogP contribution in [0.5, 0.6) is 0 Å². The summed E-state index contributed by atoms with van der Waals surface area (Å²) in [7, 11) is 0. The monoisotopic (exact) mass is 236 g/mol. The van der Waals surface area contributed by atoms with Crippen LogP contribution < -0.4 is 0 Å². The number of carbonyl (C=O) groups is 1. The van der Waals surface area contributed by atoms with Crippen LogP contribution in [-0.4, -0.2) is 5.78 Å². The molecule has 0 amide bonds. The third kappa shape index (κ3) is 4.29. The van der Waals surface area contributed by atoms with Gasteiger partial charge in [0.2, 0.25) is 0 Å². The molecule has 0 radical (unpaired) electrons. The van der Waals surface area contributed by atoms with E-state index in [1.807, 2.05) is 0 Å². The Labute approximate surface area is 103 Å². The molecule has 2 heteroatoms. The summed E-state index contributed by atoms with van der Waals surface area (Å²) < 4.78 is 12.8. The molecule has 1 aromatic carbocycles. The van der Waals surface area contributed by atoms with Gasteiger partial charge in [-0.1, -0.05) is 33.1 Å². The fraction of sp³-hybridized carbons (Fsp3) is 0.533. The number of halogens is 1. The number of ketones is 1. The predicted molar refractivity (Wildman–Crippen MR) is 68.7 cm³/mol. The van der Waals surface area contributed by atoms with Crippen LogP contribution in [0.25, 0.3) is 0 Å². The average Bonchev–Trinajstić information content (AvgIpc) is 2.34. The predicted octanol–water partition coefficient (Wildman–Crippen LogP) is 4.61. The fourth-order valence-corrected chi connectivity index (χ4v) is 2.06. The molecule has 0 spiro atoms. The van der Waals surface area contributed by atoms with Crippen LogP contribution >= 0.6 is 0 Å².